The molecular formula is C16H23Br2N. The standard InChI is InChI=1S/C16H23Br2N/c1-2-4-12-5-3-6-14(9-7-12)19-16-11-13(17)8-10-15(16)18/h8,10-12,14,19H,2-7,9H2,1H3. The van der Waals surface area contributed by atoms with Crippen LogP contribution in [-0.4, -0.2) is 6.04 Å². The lowest BCUT2D eigenvalue weighted by molar-refractivity contribution is 0.422. The smallest absolute Gasteiger partial charge is 0.0498 e. The first-order valence-electron chi connectivity index (χ1n) is 7.40. The fraction of sp³-hybridized carbons (Fsp3) is 0.625. The lowest BCUT2D eigenvalue weighted by Gasteiger charge is -2.19. The van der Waals surface area contributed by atoms with Gasteiger partial charge in [0.1, 0.15) is 0 Å². The van der Waals surface area contributed by atoms with Crippen molar-refractivity contribution in [2.45, 2.75) is 57.9 Å². The van der Waals surface area contributed by atoms with Gasteiger partial charge in [-0.1, -0.05) is 48.5 Å². The van der Waals surface area contributed by atoms with Crippen LogP contribution < -0.4 is 5.32 Å². The first kappa shape index (κ1) is 15.4. The molecule has 0 spiro atoms. The molecule has 0 aromatic heterocycles. The number of benzene rings is 1. The normalized spacial score (nSPS) is 23.9. The van der Waals surface area contributed by atoms with Crippen molar-refractivity contribution in [3.8, 4) is 0 Å². The number of hydrogen-bond donors (Lipinski definition) is 1. The molecule has 0 radical (unpaired) electrons. The van der Waals surface area contributed by atoms with Crippen molar-refractivity contribution in [2.24, 2.45) is 5.92 Å². The van der Waals surface area contributed by atoms with Gasteiger partial charge in [0, 0.05) is 20.7 Å². The van der Waals surface area contributed by atoms with Gasteiger partial charge in [-0.2, -0.15) is 0 Å². The van der Waals surface area contributed by atoms with Crippen molar-refractivity contribution in [3.63, 3.8) is 0 Å². The van der Waals surface area contributed by atoms with Gasteiger partial charge in [0.25, 0.3) is 0 Å². The molecule has 2 unspecified atom stereocenters. The molecule has 0 heterocycles. The van der Waals surface area contributed by atoms with Crippen LogP contribution >= 0.6 is 31.9 Å². The third kappa shape index (κ3) is 4.78. The van der Waals surface area contributed by atoms with Gasteiger partial charge in [-0.05, 0) is 59.3 Å². The maximum atomic E-state index is 3.72. The molecule has 1 fully saturated rings. The Balaban J connectivity index is 1.94. The van der Waals surface area contributed by atoms with Gasteiger partial charge in [-0.3, -0.25) is 0 Å². The van der Waals surface area contributed by atoms with Crippen molar-refractivity contribution in [1.29, 1.82) is 0 Å². The lowest BCUT2D eigenvalue weighted by atomic mass is 9.95. The Morgan fingerprint density at radius 2 is 2.00 bits per heavy atom. The molecule has 1 aromatic carbocycles. The van der Waals surface area contributed by atoms with Crippen LogP contribution in [0.15, 0.2) is 27.1 Å². The largest absolute Gasteiger partial charge is 0.381 e. The van der Waals surface area contributed by atoms with Crippen LogP contribution in [0.5, 0.6) is 0 Å². The number of halogens is 2. The summed E-state index contributed by atoms with van der Waals surface area (Å²) < 4.78 is 2.29. The second-order valence-electron chi connectivity index (χ2n) is 5.63. The minimum atomic E-state index is 0.632. The Kier molecular flexibility index (Phi) is 6.21. The molecule has 1 aromatic rings. The second-order valence-corrected chi connectivity index (χ2v) is 7.40. The van der Waals surface area contributed by atoms with Crippen LogP contribution in [0.25, 0.3) is 0 Å². The molecule has 0 amide bonds. The van der Waals surface area contributed by atoms with E-state index in [9.17, 15) is 0 Å². The van der Waals surface area contributed by atoms with E-state index in [-0.39, 0.29) is 0 Å². The van der Waals surface area contributed by atoms with Gasteiger partial charge in [0.2, 0.25) is 0 Å². The number of rotatable bonds is 4. The summed E-state index contributed by atoms with van der Waals surface area (Å²) in [6, 6.07) is 6.97. The first-order chi connectivity index (χ1) is 9.19. The predicted molar refractivity (Wildman–Crippen MR) is 90.7 cm³/mol. The molecular weight excluding hydrogens is 366 g/mol. The van der Waals surface area contributed by atoms with Crippen molar-refractivity contribution < 1.29 is 0 Å². The minimum absolute atomic E-state index is 0.632. The Bertz CT molecular complexity index is 406. The van der Waals surface area contributed by atoms with Crippen LogP contribution in [0.1, 0.15) is 51.9 Å². The molecule has 3 heteroatoms. The van der Waals surface area contributed by atoms with Crippen LogP contribution in [-0.2, 0) is 0 Å². The molecule has 1 N–H and O–H groups in total. The van der Waals surface area contributed by atoms with E-state index in [4.69, 9.17) is 0 Å². The van der Waals surface area contributed by atoms with E-state index in [1.165, 1.54) is 50.6 Å². The number of anilines is 1. The molecule has 1 nitrogen and oxygen atoms in total. The summed E-state index contributed by atoms with van der Waals surface area (Å²) in [5.74, 6) is 0.961. The summed E-state index contributed by atoms with van der Waals surface area (Å²) in [4.78, 5) is 0. The average Bonchev–Trinajstić information content (AvgIpc) is 2.60. The van der Waals surface area contributed by atoms with Gasteiger partial charge >= 0.3 is 0 Å². The van der Waals surface area contributed by atoms with E-state index in [1.54, 1.807) is 0 Å². The Morgan fingerprint density at radius 1 is 1.16 bits per heavy atom. The molecule has 1 aliphatic carbocycles. The highest BCUT2D eigenvalue weighted by atomic mass is 79.9. The maximum Gasteiger partial charge on any atom is 0.0498 e. The van der Waals surface area contributed by atoms with Gasteiger partial charge in [0.15, 0.2) is 0 Å². The molecule has 0 bridgehead atoms. The van der Waals surface area contributed by atoms with Crippen molar-refractivity contribution in [3.05, 3.63) is 27.1 Å². The Morgan fingerprint density at radius 3 is 2.79 bits per heavy atom. The van der Waals surface area contributed by atoms with E-state index < -0.39 is 0 Å². The monoisotopic (exact) mass is 387 g/mol. The SMILES string of the molecule is CCCC1CCCC(Nc2cc(Br)ccc2Br)CC1. The fourth-order valence-electron chi connectivity index (χ4n) is 3.05. The van der Waals surface area contributed by atoms with Crippen LogP contribution in [0.2, 0.25) is 0 Å². The summed E-state index contributed by atoms with van der Waals surface area (Å²) in [6.45, 7) is 2.30. The van der Waals surface area contributed by atoms with Gasteiger partial charge in [-0.15, -0.1) is 0 Å². The first-order valence-corrected chi connectivity index (χ1v) is 8.99. The Labute approximate surface area is 133 Å². The molecule has 2 rings (SSSR count). The number of hydrogen-bond acceptors (Lipinski definition) is 1. The second kappa shape index (κ2) is 7.68. The predicted octanol–water partition coefficient (Wildman–Crippen LogP) is 6.37. The van der Waals surface area contributed by atoms with Crippen molar-refractivity contribution >= 4 is 37.5 Å². The summed E-state index contributed by atoms with van der Waals surface area (Å²) >= 11 is 7.18. The zero-order chi connectivity index (χ0) is 13.7. The third-order valence-electron chi connectivity index (χ3n) is 4.07. The van der Waals surface area contributed by atoms with Crippen LogP contribution in [0.4, 0.5) is 5.69 Å². The molecule has 106 valence electrons. The minimum Gasteiger partial charge on any atom is -0.381 e. The molecule has 1 saturated carbocycles. The van der Waals surface area contributed by atoms with E-state index >= 15 is 0 Å². The van der Waals surface area contributed by atoms with Gasteiger partial charge < -0.3 is 5.32 Å². The summed E-state index contributed by atoms with van der Waals surface area (Å²) in [5, 5.41) is 3.72. The van der Waals surface area contributed by atoms with Crippen LogP contribution in [0.3, 0.4) is 0 Å². The van der Waals surface area contributed by atoms with E-state index in [1.807, 2.05) is 0 Å². The molecule has 2 atom stereocenters. The zero-order valence-corrected chi connectivity index (χ0v) is 14.8. The average molecular weight is 389 g/mol. The third-order valence-corrected chi connectivity index (χ3v) is 5.26. The summed E-state index contributed by atoms with van der Waals surface area (Å²) in [6.07, 6.45) is 9.53. The fourth-order valence-corrected chi connectivity index (χ4v) is 3.77. The van der Waals surface area contributed by atoms with E-state index in [0.29, 0.717) is 6.04 Å². The van der Waals surface area contributed by atoms with E-state index in [0.717, 1.165) is 14.9 Å². The lowest BCUT2D eigenvalue weighted by Crippen LogP contribution is -2.18. The molecule has 0 saturated heterocycles. The highest BCUT2D eigenvalue weighted by Gasteiger charge is 2.18. The van der Waals surface area contributed by atoms with Crippen molar-refractivity contribution in [2.75, 3.05) is 5.32 Å². The molecule has 0 aliphatic heterocycles. The van der Waals surface area contributed by atoms with Crippen LogP contribution in [0, 0.1) is 5.92 Å². The summed E-state index contributed by atoms with van der Waals surface area (Å²) in [7, 11) is 0. The number of nitrogens with one attached hydrogen (secondary N) is 1. The zero-order valence-electron chi connectivity index (χ0n) is 11.6. The topological polar surface area (TPSA) is 12.0 Å². The molecule has 1 aliphatic rings. The maximum absolute atomic E-state index is 3.72. The summed E-state index contributed by atoms with van der Waals surface area (Å²) in [5.41, 5.74) is 1.22. The van der Waals surface area contributed by atoms with E-state index in [2.05, 4.69) is 62.3 Å². The highest BCUT2D eigenvalue weighted by molar-refractivity contribution is 9.11. The van der Waals surface area contributed by atoms with Crippen molar-refractivity contribution in [1.82, 2.24) is 0 Å². The Hall–Kier alpha value is -0.0200. The molecule has 19 heavy (non-hydrogen) atoms. The quantitative estimate of drug-likeness (QED) is 0.590. The van der Waals surface area contributed by atoms with Gasteiger partial charge in [-0.25, -0.2) is 0 Å². The highest BCUT2D eigenvalue weighted by Crippen LogP contribution is 2.31. The van der Waals surface area contributed by atoms with Gasteiger partial charge in [0.05, 0.1) is 0 Å².